The van der Waals surface area contributed by atoms with Crippen molar-refractivity contribution in [3.63, 3.8) is 0 Å². The molecule has 25 heavy (non-hydrogen) atoms. The number of carbonyl (C=O) groups is 1. The number of benzene rings is 1. The van der Waals surface area contributed by atoms with Crippen LogP contribution in [0.3, 0.4) is 0 Å². The standard InChI is InChI=1S/C18H25N5O2/c1-12(24)19-14-8-13(9-14)18-21-20-17(23(18)4)11-25-16-7-5-6-15(10-16)22(2)3/h5-7,10,13-14H,8-9,11H2,1-4H3,(H,19,24). The van der Waals surface area contributed by atoms with Crippen molar-refractivity contribution in [3.8, 4) is 5.75 Å². The smallest absolute Gasteiger partial charge is 0.217 e. The molecule has 1 fully saturated rings. The van der Waals surface area contributed by atoms with E-state index in [-0.39, 0.29) is 11.9 Å². The largest absolute Gasteiger partial charge is 0.486 e. The molecule has 1 aliphatic rings. The first-order valence-corrected chi connectivity index (χ1v) is 8.49. The normalized spacial score (nSPS) is 19.2. The maximum atomic E-state index is 11.1. The Hall–Kier alpha value is -2.57. The molecule has 7 nitrogen and oxygen atoms in total. The maximum Gasteiger partial charge on any atom is 0.217 e. The molecule has 1 amide bonds. The van der Waals surface area contributed by atoms with Gasteiger partial charge in [-0.2, -0.15) is 0 Å². The molecule has 0 atom stereocenters. The molecule has 1 aromatic heterocycles. The lowest BCUT2D eigenvalue weighted by molar-refractivity contribution is -0.120. The molecule has 0 bridgehead atoms. The van der Waals surface area contributed by atoms with Crippen LogP contribution in [0, 0.1) is 0 Å². The summed E-state index contributed by atoms with van der Waals surface area (Å²) in [4.78, 5) is 13.1. The lowest BCUT2D eigenvalue weighted by Crippen LogP contribution is -2.43. The van der Waals surface area contributed by atoms with Gasteiger partial charge in [-0.05, 0) is 25.0 Å². The molecule has 0 aliphatic heterocycles. The molecule has 1 heterocycles. The van der Waals surface area contributed by atoms with Crippen molar-refractivity contribution < 1.29 is 9.53 Å². The van der Waals surface area contributed by atoms with Gasteiger partial charge in [-0.3, -0.25) is 4.79 Å². The number of nitrogens with one attached hydrogen (secondary N) is 1. The van der Waals surface area contributed by atoms with Gasteiger partial charge in [0.1, 0.15) is 18.2 Å². The van der Waals surface area contributed by atoms with Crippen LogP contribution in [-0.4, -0.2) is 40.8 Å². The van der Waals surface area contributed by atoms with Gasteiger partial charge in [0.25, 0.3) is 0 Å². The number of hydrogen-bond acceptors (Lipinski definition) is 5. The van der Waals surface area contributed by atoms with Gasteiger partial charge in [-0.15, -0.1) is 10.2 Å². The average molecular weight is 343 g/mol. The average Bonchev–Trinajstić information content (AvgIpc) is 2.89. The van der Waals surface area contributed by atoms with Gasteiger partial charge >= 0.3 is 0 Å². The fourth-order valence-corrected chi connectivity index (χ4v) is 3.09. The van der Waals surface area contributed by atoms with Crippen LogP contribution in [-0.2, 0) is 18.4 Å². The Morgan fingerprint density at radius 2 is 2.12 bits per heavy atom. The molecular formula is C18H25N5O2. The summed E-state index contributed by atoms with van der Waals surface area (Å²) < 4.78 is 7.88. The first-order chi connectivity index (χ1) is 11.9. The molecule has 1 aliphatic carbocycles. The number of ether oxygens (including phenoxy) is 1. The van der Waals surface area contributed by atoms with Crippen molar-refractivity contribution in [2.45, 2.75) is 38.3 Å². The zero-order valence-electron chi connectivity index (χ0n) is 15.2. The maximum absolute atomic E-state index is 11.1. The summed E-state index contributed by atoms with van der Waals surface area (Å²) in [7, 11) is 5.97. The predicted octanol–water partition coefficient (Wildman–Crippen LogP) is 1.84. The second-order valence-corrected chi connectivity index (χ2v) is 6.78. The number of rotatable bonds is 6. The summed E-state index contributed by atoms with van der Waals surface area (Å²) in [6.45, 7) is 1.93. The molecule has 1 aromatic carbocycles. The Morgan fingerprint density at radius 3 is 2.80 bits per heavy atom. The Bertz CT molecular complexity index is 750. The predicted molar refractivity (Wildman–Crippen MR) is 95.7 cm³/mol. The van der Waals surface area contributed by atoms with Gasteiger partial charge in [-0.25, -0.2) is 0 Å². The first kappa shape index (κ1) is 17.3. The highest BCUT2D eigenvalue weighted by molar-refractivity contribution is 5.73. The van der Waals surface area contributed by atoms with Crippen LogP contribution < -0.4 is 15.0 Å². The summed E-state index contributed by atoms with van der Waals surface area (Å²) in [6.07, 6.45) is 1.83. The van der Waals surface area contributed by atoms with E-state index < -0.39 is 0 Å². The van der Waals surface area contributed by atoms with E-state index in [1.54, 1.807) is 6.92 Å². The van der Waals surface area contributed by atoms with Crippen LogP contribution in [0.25, 0.3) is 0 Å². The second kappa shape index (κ2) is 7.13. The second-order valence-electron chi connectivity index (χ2n) is 6.78. The van der Waals surface area contributed by atoms with Crippen LogP contribution >= 0.6 is 0 Å². The number of nitrogens with zero attached hydrogens (tertiary/aromatic N) is 4. The fraction of sp³-hybridized carbons (Fsp3) is 0.500. The number of amides is 1. The number of anilines is 1. The monoisotopic (exact) mass is 343 g/mol. The molecule has 1 N–H and O–H groups in total. The third-order valence-corrected chi connectivity index (χ3v) is 4.61. The van der Waals surface area contributed by atoms with Crippen molar-refractivity contribution in [1.82, 2.24) is 20.1 Å². The van der Waals surface area contributed by atoms with Gasteiger partial charge in [0.05, 0.1) is 0 Å². The lowest BCUT2D eigenvalue weighted by atomic mass is 9.79. The zero-order chi connectivity index (χ0) is 18.0. The van der Waals surface area contributed by atoms with Crippen LogP contribution in [0.4, 0.5) is 5.69 Å². The summed E-state index contributed by atoms with van der Waals surface area (Å²) >= 11 is 0. The van der Waals surface area contributed by atoms with Gasteiger partial charge in [0.15, 0.2) is 5.82 Å². The fourth-order valence-electron chi connectivity index (χ4n) is 3.09. The number of aromatic nitrogens is 3. The van der Waals surface area contributed by atoms with Crippen molar-refractivity contribution in [3.05, 3.63) is 35.9 Å². The Kier molecular flexibility index (Phi) is 4.92. The van der Waals surface area contributed by atoms with E-state index in [0.29, 0.717) is 12.5 Å². The zero-order valence-corrected chi connectivity index (χ0v) is 15.2. The van der Waals surface area contributed by atoms with E-state index >= 15 is 0 Å². The Labute approximate surface area is 148 Å². The van der Waals surface area contributed by atoms with Gasteiger partial charge < -0.3 is 19.5 Å². The Balaban J connectivity index is 1.59. The van der Waals surface area contributed by atoms with Crippen molar-refractivity contribution >= 4 is 11.6 Å². The highest BCUT2D eigenvalue weighted by Gasteiger charge is 2.34. The summed E-state index contributed by atoms with van der Waals surface area (Å²) in [5.41, 5.74) is 1.09. The third-order valence-electron chi connectivity index (χ3n) is 4.61. The van der Waals surface area contributed by atoms with Gasteiger partial charge in [-0.1, -0.05) is 6.07 Å². The molecule has 7 heteroatoms. The molecule has 0 spiro atoms. The van der Waals surface area contributed by atoms with E-state index in [1.165, 1.54) is 0 Å². The molecule has 134 valence electrons. The first-order valence-electron chi connectivity index (χ1n) is 8.49. The molecule has 1 saturated carbocycles. The summed E-state index contributed by atoms with van der Waals surface area (Å²) in [5, 5.41) is 11.5. The van der Waals surface area contributed by atoms with Crippen LogP contribution in [0.15, 0.2) is 24.3 Å². The highest BCUT2D eigenvalue weighted by Crippen LogP contribution is 2.35. The molecule has 0 saturated heterocycles. The van der Waals surface area contributed by atoms with Crippen molar-refractivity contribution in [2.24, 2.45) is 7.05 Å². The van der Waals surface area contributed by atoms with E-state index in [1.807, 2.05) is 54.9 Å². The molecule has 0 radical (unpaired) electrons. The van der Waals surface area contributed by atoms with Crippen molar-refractivity contribution in [2.75, 3.05) is 19.0 Å². The van der Waals surface area contributed by atoms with E-state index in [4.69, 9.17) is 4.74 Å². The van der Waals surface area contributed by atoms with Crippen LogP contribution in [0.2, 0.25) is 0 Å². The van der Waals surface area contributed by atoms with Gasteiger partial charge in [0, 0.05) is 51.8 Å². The minimum atomic E-state index is 0.0236. The topological polar surface area (TPSA) is 72.3 Å². The molecular weight excluding hydrogens is 318 g/mol. The minimum absolute atomic E-state index is 0.0236. The highest BCUT2D eigenvalue weighted by atomic mass is 16.5. The lowest BCUT2D eigenvalue weighted by Gasteiger charge is -2.34. The SMILES string of the molecule is CC(=O)NC1CC(c2nnc(COc3cccc(N(C)C)c3)n2C)C1. The van der Waals surface area contributed by atoms with Gasteiger partial charge in [0.2, 0.25) is 5.91 Å². The van der Waals surface area contributed by atoms with E-state index in [2.05, 4.69) is 15.5 Å². The van der Waals surface area contributed by atoms with Crippen LogP contribution in [0.1, 0.15) is 37.3 Å². The summed E-state index contributed by atoms with van der Waals surface area (Å²) in [6, 6.07) is 8.21. The van der Waals surface area contributed by atoms with Crippen molar-refractivity contribution in [1.29, 1.82) is 0 Å². The minimum Gasteiger partial charge on any atom is -0.486 e. The quantitative estimate of drug-likeness (QED) is 0.866. The molecule has 0 unspecified atom stereocenters. The Morgan fingerprint density at radius 1 is 1.36 bits per heavy atom. The number of hydrogen-bond donors (Lipinski definition) is 1. The third kappa shape index (κ3) is 3.92. The summed E-state index contributed by atoms with van der Waals surface area (Å²) in [5.74, 6) is 2.94. The van der Waals surface area contributed by atoms with Crippen LogP contribution in [0.5, 0.6) is 5.75 Å². The van der Waals surface area contributed by atoms with E-state index in [9.17, 15) is 4.79 Å². The molecule has 2 aromatic rings. The van der Waals surface area contributed by atoms with E-state index in [0.717, 1.165) is 35.9 Å². The molecule has 3 rings (SSSR count). The number of carbonyl (C=O) groups excluding carboxylic acids is 1.